The molecule has 2 aliphatic rings. The van der Waals surface area contributed by atoms with Crippen molar-refractivity contribution >= 4 is 29.1 Å². The monoisotopic (exact) mass is 294 g/mol. The van der Waals surface area contributed by atoms with E-state index in [0.717, 1.165) is 26.3 Å². The van der Waals surface area contributed by atoms with E-state index in [1.54, 1.807) is 0 Å². The van der Waals surface area contributed by atoms with E-state index in [2.05, 4.69) is 17.1 Å². The third kappa shape index (κ3) is 2.77. The van der Waals surface area contributed by atoms with E-state index < -0.39 is 9.75 Å². The molecule has 2 atom stereocenters. The lowest BCUT2D eigenvalue weighted by Crippen LogP contribution is -2.48. The summed E-state index contributed by atoms with van der Waals surface area (Å²) in [6.07, 6.45) is 0.529. The summed E-state index contributed by atoms with van der Waals surface area (Å²) in [4.78, 5) is 14.3. The predicted molar refractivity (Wildman–Crippen MR) is 72.0 cm³/mol. The van der Waals surface area contributed by atoms with Gasteiger partial charge in [-0.05, 0) is 20.3 Å². The number of ether oxygens (including phenoxy) is 1. The van der Waals surface area contributed by atoms with Gasteiger partial charge in [-0.1, -0.05) is 0 Å². The number of nitrogens with one attached hydrogen (secondary N) is 1. The SMILES string of the molecule is C[C@@H](CNC(=O)[C@@]1(C)CC1(Cl)Cl)N1CCOCC1. The van der Waals surface area contributed by atoms with Gasteiger partial charge in [0.1, 0.15) is 4.33 Å². The molecule has 0 bridgehead atoms. The Morgan fingerprint density at radius 3 is 2.50 bits per heavy atom. The van der Waals surface area contributed by atoms with Gasteiger partial charge in [0, 0.05) is 25.7 Å². The minimum absolute atomic E-state index is 0.0485. The molecular formula is C12H20Cl2N2O2. The second-order valence-corrected chi connectivity index (χ2v) is 6.90. The van der Waals surface area contributed by atoms with Crippen LogP contribution in [0.1, 0.15) is 20.3 Å². The molecule has 4 nitrogen and oxygen atoms in total. The molecule has 0 aromatic carbocycles. The number of carbonyl (C=O) groups is 1. The van der Waals surface area contributed by atoms with Crippen molar-refractivity contribution in [3.05, 3.63) is 0 Å². The number of amides is 1. The van der Waals surface area contributed by atoms with Crippen LogP contribution in [0.2, 0.25) is 0 Å². The van der Waals surface area contributed by atoms with Crippen LogP contribution in [0.5, 0.6) is 0 Å². The minimum Gasteiger partial charge on any atom is -0.379 e. The lowest BCUT2D eigenvalue weighted by molar-refractivity contribution is -0.126. The van der Waals surface area contributed by atoms with Crippen molar-refractivity contribution in [2.45, 2.75) is 30.6 Å². The molecule has 0 spiro atoms. The third-order valence-electron chi connectivity index (χ3n) is 3.99. The summed E-state index contributed by atoms with van der Waals surface area (Å²) in [7, 11) is 0. The van der Waals surface area contributed by atoms with Gasteiger partial charge in [-0.3, -0.25) is 9.69 Å². The smallest absolute Gasteiger partial charge is 0.229 e. The Balaban J connectivity index is 1.76. The zero-order valence-corrected chi connectivity index (χ0v) is 12.4. The molecule has 2 rings (SSSR count). The summed E-state index contributed by atoms with van der Waals surface area (Å²) in [5.74, 6) is -0.0485. The molecule has 0 unspecified atom stereocenters. The molecule has 1 heterocycles. The molecule has 1 saturated heterocycles. The Bertz CT molecular complexity index is 332. The number of halogens is 2. The van der Waals surface area contributed by atoms with E-state index in [9.17, 15) is 4.79 Å². The summed E-state index contributed by atoms with van der Waals surface area (Å²) in [6, 6.07) is 0.306. The standard InChI is InChI=1S/C12H20Cl2N2O2/c1-9(16-3-5-18-6-4-16)7-15-10(17)11(2)8-12(11,13)14/h9H,3-8H2,1-2H3,(H,15,17)/t9-,11+/m0/s1. The van der Waals surface area contributed by atoms with Crippen molar-refractivity contribution in [2.75, 3.05) is 32.8 Å². The first-order chi connectivity index (χ1) is 8.37. The number of hydrogen-bond acceptors (Lipinski definition) is 3. The van der Waals surface area contributed by atoms with E-state index in [-0.39, 0.29) is 5.91 Å². The van der Waals surface area contributed by atoms with Crippen LogP contribution in [0.15, 0.2) is 0 Å². The number of morpholine rings is 1. The van der Waals surface area contributed by atoms with E-state index in [1.807, 2.05) is 6.92 Å². The Hall–Kier alpha value is -0.0300. The van der Waals surface area contributed by atoms with Crippen molar-refractivity contribution in [1.82, 2.24) is 10.2 Å². The normalized spacial score (nSPS) is 32.9. The molecule has 0 aromatic rings. The molecule has 18 heavy (non-hydrogen) atoms. The van der Waals surface area contributed by atoms with Crippen LogP contribution in [0, 0.1) is 5.41 Å². The molecule has 1 aliphatic heterocycles. The van der Waals surface area contributed by atoms with Crippen molar-refractivity contribution < 1.29 is 9.53 Å². The van der Waals surface area contributed by atoms with Crippen LogP contribution in [0.4, 0.5) is 0 Å². The highest BCUT2D eigenvalue weighted by molar-refractivity contribution is 6.53. The summed E-state index contributed by atoms with van der Waals surface area (Å²) >= 11 is 12.0. The highest BCUT2D eigenvalue weighted by atomic mass is 35.5. The lowest BCUT2D eigenvalue weighted by Gasteiger charge is -2.32. The molecule has 2 fully saturated rings. The summed E-state index contributed by atoms with van der Waals surface area (Å²) in [5, 5.41) is 2.95. The van der Waals surface area contributed by atoms with Gasteiger partial charge in [0.25, 0.3) is 0 Å². The number of alkyl halides is 2. The van der Waals surface area contributed by atoms with Crippen molar-refractivity contribution in [2.24, 2.45) is 5.41 Å². The molecule has 1 N–H and O–H groups in total. The van der Waals surface area contributed by atoms with E-state index in [0.29, 0.717) is 19.0 Å². The Morgan fingerprint density at radius 2 is 2.00 bits per heavy atom. The largest absolute Gasteiger partial charge is 0.379 e. The molecule has 0 aromatic heterocycles. The summed E-state index contributed by atoms with van der Waals surface area (Å²) in [6.45, 7) is 7.91. The highest BCUT2D eigenvalue weighted by Gasteiger charge is 2.67. The van der Waals surface area contributed by atoms with Gasteiger partial charge in [-0.25, -0.2) is 0 Å². The molecule has 104 valence electrons. The van der Waals surface area contributed by atoms with E-state index in [4.69, 9.17) is 27.9 Å². The quantitative estimate of drug-likeness (QED) is 0.797. The van der Waals surface area contributed by atoms with Crippen LogP contribution in [-0.2, 0) is 9.53 Å². The van der Waals surface area contributed by atoms with Gasteiger partial charge in [-0.2, -0.15) is 0 Å². The molecule has 1 amide bonds. The maximum absolute atomic E-state index is 12.0. The average Bonchev–Trinajstić information content (AvgIpc) is 2.87. The first-order valence-corrected chi connectivity index (χ1v) is 7.10. The van der Waals surface area contributed by atoms with Crippen LogP contribution < -0.4 is 5.32 Å². The maximum atomic E-state index is 12.0. The molecule has 1 saturated carbocycles. The second kappa shape index (κ2) is 5.16. The Morgan fingerprint density at radius 1 is 1.44 bits per heavy atom. The molecule has 1 aliphatic carbocycles. The van der Waals surface area contributed by atoms with Crippen LogP contribution in [0.3, 0.4) is 0 Å². The number of rotatable bonds is 4. The predicted octanol–water partition coefficient (Wildman–Crippen LogP) is 1.41. The number of hydrogen-bond donors (Lipinski definition) is 1. The minimum atomic E-state index is -0.890. The first kappa shape index (κ1) is 14.4. The summed E-state index contributed by atoms with van der Waals surface area (Å²) in [5.41, 5.74) is -0.624. The van der Waals surface area contributed by atoms with Gasteiger partial charge < -0.3 is 10.1 Å². The van der Waals surface area contributed by atoms with Gasteiger partial charge in [0.15, 0.2) is 0 Å². The van der Waals surface area contributed by atoms with Crippen molar-refractivity contribution in [3.63, 3.8) is 0 Å². The molecule has 6 heteroatoms. The van der Waals surface area contributed by atoms with Crippen LogP contribution in [-0.4, -0.2) is 54.0 Å². The first-order valence-electron chi connectivity index (χ1n) is 6.35. The maximum Gasteiger partial charge on any atom is 0.229 e. The fourth-order valence-corrected chi connectivity index (χ4v) is 2.94. The van der Waals surface area contributed by atoms with Gasteiger partial charge in [0.05, 0.1) is 18.6 Å². The number of nitrogens with zero attached hydrogens (tertiary/aromatic N) is 1. The van der Waals surface area contributed by atoms with E-state index in [1.165, 1.54) is 0 Å². The fraction of sp³-hybridized carbons (Fsp3) is 0.917. The zero-order valence-electron chi connectivity index (χ0n) is 10.8. The van der Waals surface area contributed by atoms with Crippen LogP contribution >= 0.6 is 23.2 Å². The summed E-state index contributed by atoms with van der Waals surface area (Å²) < 4.78 is 4.41. The topological polar surface area (TPSA) is 41.6 Å². The van der Waals surface area contributed by atoms with Gasteiger partial charge in [-0.15, -0.1) is 23.2 Å². The Labute approximate surface area is 118 Å². The highest BCUT2D eigenvalue weighted by Crippen LogP contribution is 2.63. The average molecular weight is 295 g/mol. The van der Waals surface area contributed by atoms with E-state index >= 15 is 0 Å². The van der Waals surface area contributed by atoms with Gasteiger partial charge in [0.2, 0.25) is 5.91 Å². The Kier molecular flexibility index (Phi) is 4.12. The third-order valence-corrected chi connectivity index (χ3v) is 5.09. The number of carbonyl (C=O) groups excluding carboxylic acids is 1. The molecule has 0 radical (unpaired) electrons. The van der Waals surface area contributed by atoms with Gasteiger partial charge >= 0.3 is 0 Å². The fourth-order valence-electron chi connectivity index (χ4n) is 2.23. The second-order valence-electron chi connectivity index (χ2n) is 5.42. The lowest BCUT2D eigenvalue weighted by atomic mass is 10.1. The van der Waals surface area contributed by atoms with Crippen molar-refractivity contribution in [3.8, 4) is 0 Å². The zero-order chi connectivity index (χ0) is 13.4. The molecular weight excluding hydrogens is 275 g/mol. The van der Waals surface area contributed by atoms with Crippen LogP contribution in [0.25, 0.3) is 0 Å². The van der Waals surface area contributed by atoms with Crippen molar-refractivity contribution in [1.29, 1.82) is 0 Å².